The molecule has 1 N–H and O–H groups in total. The van der Waals surface area contributed by atoms with Crippen molar-refractivity contribution in [2.45, 2.75) is 38.1 Å². The van der Waals surface area contributed by atoms with Gasteiger partial charge in [-0.25, -0.2) is 4.79 Å². The van der Waals surface area contributed by atoms with Crippen molar-refractivity contribution in [1.29, 1.82) is 0 Å². The van der Waals surface area contributed by atoms with Crippen LogP contribution in [0.1, 0.15) is 20.8 Å². The number of ether oxygens (including phenoxy) is 2. The fourth-order valence-corrected chi connectivity index (χ4v) is 2.05. The lowest BCUT2D eigenvalue weighted by Gasteiger charge is -2.50. The highest BCUT2D eigenvalue weighted by Crippen LogP contribution is 2.34. The summed E-state index contributed by atoms with van der Waals surface area (Å²) in [7, 11) is 0. The van der Waals surface area contributed by atoms with Gasteiger partial charge < -0.3 is 14.8 Å². The first-order valence-corrected chi connectivity index (χ1v) is 5.88. The monoisotopic (exact) mass is 264 g/mol. The SMILES string of the molecule is CC(C)(C)OC(=O)N1CC(F)(F)OC2(CNC2)C1. The van der Waals surface area contributed by atoms with Crippen molar-refractivity contribution in [2.75, 3.05) is 26.2 Å². The number of nitrogens with zero attached hydrogens (tertiary/aromatic N) is 1. The topological polar surface area (TPSA) is 50.8 Å². The van der Waals surface area contributed by atoms with Crippen LogP contribution < -0.4 is 5.32 Å². The average molecular weight is 264 g/mol. The molecule has 0 unspecified atom stereocenters. The highest BCUT2D eigenvalue weighted by molar-refractivity contribution is 5.68. The molecule has 2 aliphatic heterocycles. The van der Waals surface area contributed by atoms with Gasteiger partial charge in [0.1, 0.15) is 17.7 Å². The highest BCUT2D eigenvalue weighted by Gasteiger charge is 2.54. The molecule has 2 fully saturated rings. The molecule has 0 aromatic heterocycles. The summed E-state index contributed by atoms with van der Waals surface area (Å²) in [6.45, 7) is 5.11. The molecule has 7 heteroatoms. The number of halogens is 2. The number of carbonyl (C=O) groups is 1. The Morgan fingerprint density at radius 3 is 2.39 bits per heavy atom. The summed E-state index contributed by atoms with van der Waals surface area (Å²) in [6, 6.07) is 0. The molecule has 1 spiro atoms. The third-order valence-electron chi connectivity index (χ3n) is 2.77. The van der Waals surface area contributed by atoms with Gasteiger partial charge in [-0.05, 0) is 20.8 Å². The normalized spacial score (nSPS) is 25.7. The third kappa shape index (κ3) is 2.89. The molecule has 0 bridgehead atoms. The fraction of sp³-hybridized carbons (Fsp3) is 0.909. The van der Waals surface area contributed by atoms with Crippen LogP contribution in [0.5, 0.6) is 0 Å². The molecule has 0 radical (unpaired) electrons. The summed E-state index contributed by atoms with van der Waals surface area (Å²) in [5.41, 5.74) is -1.67. The van der Waals surface area contributed by atoms with Crippen LogP contribution in [0.4, 0.5) is 13.6 Å². The van der Waals surface area contributed by atoms with E-state index in [0.29, 0.717) is 13.1 Å². The molecule has 0 aromatic carbocycles. The Morgan fingerprint density at radius 1 is 1.33 bits per heavy atom. The minimum atomic E-state index is -3.32. The summed E-state index contributed by atoms with van der Waals surface area (Å²) in [5.74, 6) is 0. The predicted molar refractivity (Wildman–Crippen MR) is 59.4 cm³/mol. The lowest BCUT2D eigenvalue weighted by Crippen LogP contribution is -2.72. The Kier molecular flexibility index (Phi) is 3.02. The summed E-state index contributed by atoms with van der Waals surface area (Å²) >= 11 is 0. The Labute approximate surface area is 104 Å². The quantitative estimate of drug-likeness (QED) is 0.714. The molecule has 1 amide bonds. The number of carbonyl (C=O) groups excluding carboxylic acids is 1. The van der Waals surface area contributed by atoms with Gasteiger partial charge in [0, 0.05) is 13.1 Å². The van der Waals surface area contributed by atoms with Gasteiger partial charge in [-0.1, -0.05) is 0 Å². The van der Waals surface area contributed by atoms with Gasteiger partial charge in [0.05, 0.1) is 6.54 Å². The molecule has 0 atom stereocenters. The van der Waals surface area contributed by atoms with Crippen LogP contribution in [-0.4, -0.2) is 54.5 Å². The van der Waals surface area contributed by atoms with Gasteiger partial charge >= 0.3 is 12.2 Å². The molecule has 5 nitrogen and oxygen atoms in total. The lowest BCUT2D eigenvalue weighted by molar-refractivity contribution is -0.335. The summed E-state index contributed by atoms with van der Waals surface area (Å²) in [5, 5.41) is 2.88. The van der Waals surface area contributed by atoms with E-state index in [0.717, 1.165) is 4.90 Å². The minimum absolute atomic E-state index is 0.129. The van der Waals surface area contributed by atoms with Crippen molar-refractivity contribution in [3.63, 3.8) is 0 Å². The maximum Gasteiger partial charge on any atom is 0.410 e. The van der Waals surface area contributed by atoms with Crippen LogP contribution in [-0.2, 0) is 9.47 Å². The number of alkyl halides is 2. The van der Waals surface area contributed by atoms with Gasteiger partial charge in [-0.2, -0.15) is 8.78 Å². The molecular formula is C11H18F2N2O3. The Hall–Kier alpha value is -0.950. The molecule has 18 heavy (non-hydrogen) atoms. The van der Waals surface area contributed by atoms with E-state index in [4.69, 9.17) is 9.47 Å². The van der Waals surface area contributed by atoms with Gasteiger partial charge in [0.15, 0.2) is 0 Å². The van der Waals surface area contributed by atoms with Crippen molar-refractivity contribution in [3.8, 4) is 0 Å². The van der Waals surface area contributed by atoms with Crippen LogP contribution in [0, 0.1) is 0 Å². The first kappa shape index (κ1) is 13.5. The molecule has 0 aliphatic carbocycles. The molecule has 0 saturated carbocycles. The van der Waals surface area contributed by atoms with Gasteiger partial charge in [-0.15, -0.1) is 0 Å². The highest BCUT2D eigenvalue weighted by atomic mass is 19.3. The second-order valence-corrected chi connectivity index (χ2v) is 5.86. The zero-order valence-electron chi connectivity index (χ0n) is 10.8. The number of hydrogen-bond acceptors (Lipinski definition) is 4. The zero-order valence-corrected chi connectivity index (χ0v) is 10.8. The van der Waals surface area contributed by atoms with E-state index in [1.165, 1.54) is 0 Å². The maximum atomic E-state index is 13.5. The fourth-order valence-electron chi connectivity index (χ4n) is 2.05. The van der Waals surface area contributed by atoms with Crippen molar-refractivity contribution in [3.05, 3.63) is 0 Å². The third-order valence-corrected chi connectivity index (χ3v) is 2.77. The van der Waals surface area contributed by atoms with Gasteiger partial charge in [0.2, 0.25) is 0 Å². The number of morpholine rings is 1. The Balaban J connectivity index is 2.06. The molecule has 0 aromatic rings. The van der Waals surface area contributed by atoms with Gasteiger partial charge in [-0.3, -0.25) is 4.90 Å². The summed E-state index contributed by atoms with van der Waals surface area (Å²) in [4.78, 5) is 12.8. The van der Waals surface area contributed by atoms with E-state index >= 15 is 0 Å². The largest absolute Gasteiger partial charge is 0.444 e. The van der Waals surface area contributed by atoms with E-state index in [-0.39, 0.29) is 6.54 Å². The van der Waals surface area contributed by atoms with Gasteiger partial charge in [0.25, 0.3) is 0 Å². The van der Waals surface area contributed by atoms with Crippen LogP contribution >= 0.6 is 0 Å². The number of amides is 1. The Bertz CT molecular complexity index is 351. The smallest absolute Gasteiger partial charge is 0.410 e. The van der Waals surface area contributed by atoms with Crippen molar-refractivity contribution in [2.24, 2.45) is 0 Å². The van der Waals surface area contributed by atoms with Crippen LogP contribution in [0.2, 0.25) is 0 Å². The Morgan fingerprint density at radius 2 is 1.94 bits per heavy atom. The number of hydrogen-bond donors (Lipinski definition) is 1. The lowest BCUT2D eigenvalue weighted by atomic mass is 9.94. The molecule has 2 heterocycles. The summed E-state index contributed by atoms with van der Waals surface area (Å²) < 4.78 is 36.8. The average Bonchev–Trinajstić information content (AvgIpc) is 2.10. The first-order valence-electron chi connectivity index (χ1n) is 5.88. The molecule has 2 rings (SSSR count). The van der Waals surface area contributed by atoms with Crippen molar-refractivity contribution in [1.82, 2.24) is 10.2 Å². The van der Waals surface area contributed by atoms with E-state index in [2.05, 4.69) is 5.32 Å². The molecule has 2 aliphatic rings. The minimum Gasteiger partial charge on any atom is -0.444 e. The van der Waals surface area contributed by atoms with Crippen LogP contribution in [0.25, 0.3) is 0 Å². The van der Waals surface area contributed by atoms with Crippen LogP contribution in [0.15, 0.2) is 0 Å². The van der Waals surface area contributed by atoms with E-state index < -0.39 is 29.9 Å². The molecule has 2 saturated heterocycles. The van der Waals surface area contributed by atoms with Crippen LogP contribution in [0.3, 0.4) is 0 Å². The van der Waals surface area contributed by atoms with Crippen molar-refractivity contribution < 1.29 is 23.0 Å². The first-order chi connectivity index (χ1) is 8.11. The molecule has 104 valence electrons. The number of nitrogens with one attached hydrogen (secondary N) is 1. The summed E-state index contributed by atoms with van der Waals surface area (Å²) in [6.07, 6.45) is -4.05. The maximum absolute atomic E-state index is 13.5. The standard InChI is InChI=1S/C11H18F2N2O3/c1-9(2,3)17-8(16)15-6-10(4-14-5-10)18-11(12,13)7-15/h14H,4-7H2,1-3H3. The van der Waals surface area contributed by atoms with E-state index in [9.17, 15) is 13.6 Å². The van der Waals surface area contributed by atoms with Crippen molar-refractivity contribution >= 4 is 6.09 Å². The molecular weight excluding hydrogens is 246 g/mol. The number of rotatable bonds is 0. The second kappa shape index (κ2) is 4.03. The van der Waals surface area contributed by atoms with E-state index in [1.54, 1.807) is 20.8 Å². The second-order valence-electron chi connectivity index (χ2n) is 5.86. The predicted octanol–water partition coefficient (Wildman–Crippen LogP) is 1.19. The van der Waals surface area contributed by atoms with E-state index in [1.807, 2.05) is 0 Å². The zero-order chi connectivity index (χ0) is 13.6.